The molecule has 2 rings (SSSR count). The molecule has 0 aliphatic carbocycles. The van der Waals surface area contributed by atoms with E-state index in [1.54, 1.807) is 0 Å². The van der Waals surface area contributed by atoms with Gasteiger partial charge in [0.25, 0.3) is 0 Å². The first-order valence-electron chi connectivity index (χ1n) is 4.93. The normalized spacial score (nSPS) is 19.4. The third-order valence-corrected chi connectivity index (χ3v) is 2.65. The molecule has 0 saturated carbocycles. The van der Waals surface area contributed by atoms with Crippen LogP contribution < -0.4 is 4.74 Å². The molecule has 0 radical (unpaired) electrons. The SMILES string of the molecule is O=C(O)C1COc2cc(C(F)(F)F)ccc2C1. The minimum atomic E-state index is -4.41. The van der Waals surface area contributed by atoms with E-state index in [2.05, 4.69) is 0 Å². The number of ether oxygens (including phenoxy) is 1. The minimum absolute atomic E-state index is 0.0936. The van der Waals surface area contributed by atoms with Crippen LogP contribution in [0, 0.1) is 5.92 Å². The topological polar surface area (TPSA) is 46.5 Å². The van der Waals surface area contributed by atoms with Crippen LogP contribution in [-0.4, -0.2) is 17.7 Å². The molecule has 0 bridgehead atoms. The van der Waals surface area contributed by atoms with Crippen molar-refractivity contribution in [3.05, 3.63) is 29.3 Å². The van der Waals surface area contributed by atoms with E-state index in [4.69, 9.17) is 9.84 Å². The fourth-order valence-corrected chi connectivity index (χ4v) is 1.71. The van der Waals surface area contributed by atoms with E-state index in [1.807, 2.05) is 0 Å². The third-order valence-electron chi connectivity index (χ3n) is 2.65. The molecular weight excluding hydrogens is 237 g/mol. The van der Waals surface area contributed by atoms with E-state index < -0.39 is 23.6 Å². The highest BCUT2D eigenvalue weighted by Crippen LogP contribution is 2.35. The van der Waals surface area contributed by atoms with Gasteiger partial charge in [0.05, 0.1) is 11.5 Å². The Morgan fingerprint density at radius 2 is 2.12 bits per heavy atom. The van der Waals surface area contributed by atoms with E-state index in [-0.39, 0.29) is 18.8 Å². The molecule has 92 valence electrons. The molecule has 0 fully saturated rings. The second-order valence-electron chi connectivity index (χ2n) is 3.87. The summed E-state index contributed by atoms with van der Waals surface area (Å²) in [5.74, 6) is -1.58. The Bertz CT molecular complexity index is 454. The van der Waals surface area contributed by atoms with Crippen molar-refractivity contribution in [2.24, 2.45) is 5.92 Å². The van der Waals surface area contributed by atoms with Gasteiger partial charge in [-0.05, 0) is 24.1 Å². The molecule has 1 aliphatic rings. The van der Waals surface area contributed by atoms with Crippen molar-refractivity contribution in [1.82, 2.24) is 0 Å². The van der Waals surface area contributed by atoms with E-state index in [9.17, 15) is 18.0 Å². The number of rotatable bonds is 1. The number of aliphatic carboxylic acids is 1. The van der Waals surface area contributed by atoms with Gasteiger partial charge in [-0.25, -0.2) is 0 Å². The summed E-state index contributed by atoms with van der Waals surface area (Å²) in [6.45, 7) is -0.0936. The highest BCUT2D eigenvalue weighted by atomic mass is 19.4. The van der Waals surface area contributed by atoms with Crippen LogP contribution in [0.5, 0.6) is 5.75 Å². The minimum Gasteiger partial charge on any atom is -0.492 e. The summed E-state index contributed by atoms with van der Waals surface area (Å²) >= 11 is 0. The Labute approximate surface area is 94.8 Å². The Morgan fingerprint density at radius 1 is 1.41 bits per heavy atom. The molecule has 0 spiro atoms. The van der Waals surface area contributed by atoms with E-state index in [1.165, 1.54) is 6.07 Å². The number of carboxylic acid groups (broad SMARTS) is 1. The average Bonchev–Trinajstić information content (AvgIpc) is 2.26. The van der Waals surface area contributed by atoms with Crippen molar-refractivity contribution in [2.45, 2.75) is 12.6 Å². The molecule has 0 amide bonds. The average molecular weight is 246 g/mol. The summed E-state index contributed by atoms with van der Waals surface area (Å²) in [4.78, 5) is 10.7. The van der Waals surface area contributed by atoms with Crippen molar-refractivity contribution < 1.29 is 27.8 Å². The summed E-state index contributed by atoms with van der Waals surface area (Å²) in [5.41, 5.74) is -0.290. The molecule has 3 nitrogen and oxygen atoms in total. The van der Waals surface area contributed by atoms with E-state index >= 15 is 0 Å². The number of halogens is 3. The zero-order chi connectivity index (χ0) is 12.6. The molecule has 1 unspecified atom stereocenters. The van der Waals surface area contributed by atoms with Crippen molar-refractivity contribution in [3.8, 4) is 5.75 Å². The van der Waals surface area contributed by atoms with Crippen LogP contribution in [0.3, 0.4) is 0 Å². The fraction of sp³-hybridized carbons (Fsp3) is 0.364. The van der Waals surface area contributed by atoms with E-state index in [0.717, 1.165) is 12.1 Å². The Kier molecular flexibility index (Phi) is 2.73. The number of carbonyl (C=O) groups is 1. The number of hydrogen-bond donors (Lipinski definition) is 1. The molecule has 17 heavy (non-hydrogen) atoms. The number of carboxylic acids is 1. The standard InChI is InChI=1S/C11H9F3O3/c12-11(13,14)8-2-1-6-3-7(10(15)16)5-17-9(6)4-8/h1-2,4,7H,3,5H2,(H,15,16). The zero-order valence-electron chi connectivity index (χ0n) is 8.62. The van der Waals surface area contributed by atoms with Gasteiger partial charge in [-0.15, -0.1) is 0 Å². The van der Waals surface area contributed by atoms with Gasteiger partial charge >= 0.3 is 12.1 Å². The van der Waals surface area contributed by atoms with Crippen molar-refractivity contribution >= 4 is 5.97 Å². The van der Waals surface area contributed by atoms with Gasteiger partial charge in [0, 0.05) is 0 Å². The van der Waals surface area contributed by atoms with Gasteiger partial charge in [0.2, 0.25) is 0 Å². The quantitative estimate of drug-likeness (QED) is 0.827. The molecular formula is C11H9F3O3. The van der Waals surface area contributed by atoms with Crippen LogP contribution >= 0.6 is 0 Å². The summed E-state index contributed by atoms with van der Waals surface area (Å²) in [7, 11) is 0. The maximum atomic E-state index is 12.4. The highest BCUT2D eigenvalue weighted by molar-refractivity contribution is 5.71. The number of fused-ring (bicyclic) bond motifs is 1. The fourth-order valence-electron chi connectivity index (χ4n) is 1.71. The van der Waals surface area contributed by atoms with Crippen molar-refractivity contribution in [1.29, 1.82) is 0 Å². The van der Waals surface area contributed by atoms with Crippen molar-refractivity contribution in [2.75, 3.05) is 6.61 Å². The summed E-state index contributed by atoms with van der Waals surface area (Å²) < 4.78 is 42.3. The molecule has 6 heteroatoms. The van der Waals surface area contributed by atoms with Gasteiger partial charge in [0.15, 0.2) is 0 Å². The van der Waals surface area contributed by atoms with Gasteiger partial charge in [-0.3, -0.25) is 4.79 Å². The lowest BCUT2D eigenvalue weighted by Gasteiger charge is -2.23. The monoisotopic (exact) mass is 246 g/mol. The van der Waals surface area contributed by atoms with Crippen LogP contribution in [0.25, 0.3) is 0 Å². The largest absolute Gasteiger partial charge is 0.492 e. The first-order chi connectivity index (χ1) is 7.88. The molecule has 1 aromatic rings. The molecule has 0 saturated heterocycles. The third kappa shape index (κ3) is 2.35. The van der Waals surface area contributed by atoms with Crippen LogP contribution in [0.4, 0.5) is 13.2 Å². The predicted octanol–water partition coefficient (Wildman–Crippen LogP) is 2.34. The summed E-state index contributed by atoms with van der Waals surface area (Å²) in [5, 5.41) is 8.79. The van der Waals surface area contributed by atoms with Crippen LogP contribution in [-0.2, 0) is 17.4 Å². The molecule has 1 aliphatic heterocycles. The van der Waals surface area contributed by atoms with Gasteiger partial charge < -0.3 is 9.84 Å². The summed E-state index contributed by atoms with van der Waals surface area (Å²) in [6.07, 6.45) is -4.22. The first kappa shape index (κ1) is 11.8. The van der Waals surface area contributed by atoms with Gasteiger partial charge in [-0.1, -0.05) is 6.07 Å². The maximum absolute atomic E-state index is 12.4. The predicted molar refractivity (Wildman–Crippen MR) is 51.8 cm³/mol. The van der Waals surface area contributed by atoms with Crippen molar-refractivity contribution in [3.63, 3.8) is 0 Å². The molecule has 1 heterocycles. The van der Waals surface area contributed by atoms with Crippen LogP contribution in [0.2, 0.25) is 0 Å². The molecule has 1 N–H and O–H groups in total. The second-order valence-corrected chi connectivity index (χ2v) is 3.87. The highest BCUT2D eigenvalue weighted by Gasteiger charge is 2.33. The number of benzene rings is 1. The Morgan fingerprint density at radius 3 is 2.71 bits per heavy atom. The van der Waals surface area contributed by atoms with E-state index in [0.29, 0.717) is 5.56 Å². The van der Waals surface area contributed by atoms with Crippen LogP contribution in [0.15, 0.2) is 18.2 Å². The van der Waals surface area contributed by atoms with Gasteiger partial charge in [-0.2, -0.15) is 13.2 Å². The molecule has 1 atom stereocenters. The lowest BCUT2D eigenvalue weighted by molar-refractivity contribution is -0.143. The van der Waals surface area contributed by atoms with Gasteiger partial charge in [0.1, 0.15) is 12.4 Å². The maximum Gasteiger partial charge on any atom is 0.416 e. The smallest absolute Gasteiger partial charge is 0.416 e. The lowest BCUT2D eigenvalue weighted by Crippen LogP contribution is -2.28. The Balaban J connectivity index is 2.29. The lowest BCUT2D eigenvalue weighted by atomic mass is 9.96. The first-order valence-corrected chi connectivity index (χ1v) is 4.93. The number of alkyl halides is 3. The zero-order valence-corrected chi connectivity index (χ0v) is 8.62. The number of hydrogen-bond acceptors (Lipinski definition) is 2. The molecule has 0 aromatic heterocycles. The second kappa shape index (κ2) is 3.94. The Hall–Kier alpha value is -1.72. The summed E-state index contributed by atoms with van der Waals surface area (Å²) in [6, 6.07) is 3.12. The van der Waals surface area contributed by atoms with Crippen LogP contribution in [0.1, 0.15) is 11.1 Å². The molecule has 1 aromatic carbocycles.